The molecule has 0 N–H and O–H groups in total. The van der Waals surface area contributed by atoms with E-state index in [0.717, 1.165) is 30.7 Å². The first-order valence-corrected chi connectivity index (χ1v) is 11.6. The van der Waals surface area contributed by atoms with Crippen molar-refractivity contribution in [1.82, 2.24) is 0 Å². The van der Waals surface area contributed by atoms with Crippen LogP contribution in [0.15, 0.2) is 54.6 Å². The fourth-order valence-electron chi connectivity index (χ4n) is 3.26. The number of benzene rings is 2. The second-order valence-electron chi connectivity index (χ2n) is 6.66. The third-order valence-corrected chi connectivity index (χ3v) is 7.14. The van der Waals surface area contributed by atoms with Crippen LogP contribution < -0.4 is 26.1 Å². The first kappa shape index (κ1) is 24.4. The van der Waals surface area contributed by atoms with Crippen molar-refractivity contribution in [3.63, 3.8) is 0 Å². The highest BCUT2D eigenvalue weighted by atomic mass is 79.9. The maximum atomic E-state index is 12.3. The zero-order chi connectivity index (χ0) is 22.0. The van der Waals surface area contributed by atoms with Crippen LogP contribution in [0.4, 0.5) is 0 Å². The molecule has 0 saturated carbocycles. The molecule has 2 aromatic heterocycles. The highest BCUT2D eigenvalue weighted by molar-refractivity contribution is 7.37. The van der Waals surface area contributed by atoms with Crippen molar-refractivity contribution in [1.29, 1.82) is 0 Å². The first-order valence-electron chi connectivity index (χ1n) is 9.63. The largest absolute Gasteiger partial charge is 1.00 e. The molecule has 0 spiro atoms. The van der Waals surface area contributed by atoms with E-state index in [1.165, 1.54) is 29.6 Å². The summed E-state index contributed by atoms with van der Waals surface area (Å²) in [4.78, 5) is 25.9. The molecule has 0 saturated heterocycles. The molecule has 166 valence electrons. The molecule has 2 aromatic carbocycles. The van der Waals surface area contributed by atoms with Crippen molar-refractivity contribution in [3.05, 3.63) is 64.5 Å². The number of carbonyl (C=O) groups is 2. The Balaban J connectivity index is 0.00000289. The van der Waals surface area contributed by atoms with Crippen LogP contribution in [0.3, 0.4) is 0 Å². The number of carbonyl (C=O) groups excluding carboxylic acids is 2. The number of esters is 2. The molecule has 0 aliphatic carbocycles. The van der Waals surface area contributed by atoms with Gasteiger partial charge in [0.05, 0.1) is 17.9 Å². The normalized spacial score (nSPS) is 10.6. The predicted molar refractivity (Wildman–Crippen MR) is 123 cm³/mol. The lowest BCUT2D eigenvalue weighted by atomic mass is 10.1. The molecule has 4 rings (SSSR count). The molecule has 2 heterocycles. The fourth-order valence-corrected chi connectivity index (χ4v) is 5.99. The molecule has 0 unspecified atom stereocenters. The Morgan fingerprint density at radius 1 is 1.00 bits per heavy atom. The van der Waals surface area contributed by atoms with E-state index in [0.29, 0.717) is 17.5 Å². The molecular weight excluding hydrogens is 534 g/mol. The van der Waals surface area contributed by atoms with Gasteiger partial charge in [-0.1, -0.05) is 57.7 Å². The monoisotopic (exact) mass is 551 g/mol. The summed E-state index contributed by atoms with van der Waals surface area (Å²) >= 11 is 9.10. The molecule has 0 aliphatic heterocycles. The summed E-state index contributed by atoms with van der Waals surface area (Å²) in [5.41, 5.74) is 2.61. The Morgan fingerprint density at radius 3 is 2.31 bits per heavy atom. The Labute approximate surface area is 209 Å². The van der Waals surface area contributed by atoms with Crippen molar-refractivity contribution in [2.24, 2.45) is 0 Å². The van der Waals surface area contributed by atoms with Crippen molar-refractivity contribution in [3.8, 4) is 27.6 Å². The highest BCUT2D eigenvalue weighted by Gasteiger charge is 2.35. The van der Waals surface area contributed by atoms with E-state index in [9.17, 15) is 9.59 Å². The standard InChI is InChI=1S/C23H19ClNO4S2.BrH/c1-3-28-19(27)13-18-20(15-9-11-17(24)12-10-15)25-22(29-14(2)26)21(31-23(25)30-18)16-7-5-4-6-8-16;/h4-12H,3,13H2,1-2H3;1H/q+1;/p-1. The minimum absolute atomic E-state index is 0. The SMILES string of the molecule is CCOC(=O)Cc1sc2sc(-c3ccccc3)c(OC(C)=O)[n+]2c1-c1ccc(Cl)cc1.[Br-]. The molecule has 0 fully saturated rings. The zero-order valence-corrected chi connectivity index (χ0v) is 21.2. The number of fused-ring (bicyclic) bond motifs is 1. The van der Waals surface area contributed by atoms with Crippen molar-refractivity contribution in [2.75, 3.05) is 6.61 Å². The summed E-state index contributed by atoms with van der Waals surface area (Å²) in [5.74, 6) is -0.274. The van der Waals surface area contributed by atoms with Crippen LogP contribution in [-0.4, -0.2) is 18.5 Å². The van der Waals surface area contributed by atoms with Crippen molar-refractivity contribution >= 4 is 50.4 Å². The molecule has 0 radical (unpaired) electrons. The molecule has 0 aliphatic rings. The van der Waals surface area contributed by atoms with Crippen molar-refractivity contribution in [2.45, 2.75) is 20.3 Å². The number of thiazole rings is 2. The third kappa shape index (κ3) is 5.04. The van der Waals surface area contributed by atoms with Gasteiger partial charge in [0.15, 0.2) is 4.88 Å². The van der Waals surface area contributed by atoms with E-state index in [1.54, 1.807) is 19.1 Å². The van der Waals surface area contributed by atoms with Crippen LogP contribution in [0.1, 0.15) is 18.7 Å². The Bertz CT molecular complexity index is 1250. The van der Waals surface area contributed by atoms with Gasteiger partial charge in [0.25, 0.3) is 0 Å². The highest BCUT2D eigenvalue weighted by Crippen LogP contribution is 2.41. The van der Waals surface area contributed by atoms with Gasteiger partial charge in [-0.2, -0.15) is 0 Å². The number of hydrogen-bond donors (Lipinski definition) is 0. The molecule has 0 amide bonds. The molecular formula is C23H19BrClNO4S2. The van der Waals surface area contributed by atoms with Gasteiger partial charge in [-0.25, -0.2) is 0 Å². The summed E-state index contributed by atoms with van der Waals surface area (Å²) in [5, 5.41) is 0.614. The maximum Gasteiger partial charge on any atom is 0.402 e. The Morgan fingerprint density at radius 2 is 1.69 bits per heavy atom. The van der Waals surface area contributed by atoms with Gasteiger partial charge in [0, 0.05) is 23.1 Å². The van der Waals surface area contributed by atoms with Gasteiger partial charge in [-0.05, 0) is 42.5 Å². The van der Waals surface area contributed by atoms with E-state index in [-0.39, 0.29) is 29.4 Å². The molecule has 32 heavy (non-hydrogen) atoms. The summed E-state index contributed by atoms with van der Waals surface area (Å²) in [6, 6.07) is 17.2. The van der Waals surface area contributed by atoms with E-state index in [4.69, 9.17) is 21.1 Å². The lowest BCUT2D eigenvalue weighted by Gasteiger charge is -2.03. The van der Waals surface area contributed by atoms with E-state index >= 15 is 0 Å². The third-order valence-electron chi connectivity index (χ3n) is 4.47. The number of hydrogen-bond acceptors (Lipinski definition) is 6. The minimum Gasteiger partial charge on any atom is -1.00 e. The Kier molecular flexibility index (Phi) is 8.05. The number of halogens is 2. The first-order chi connectivity index (χ1) is 15.0. The van der Waals surface area contributed by atoms with Crippen LogP contribution >= 0.6 is 34.3 Å². The number of aromatic nitrogens is 1. The summed E-state index contributed by atoms with van der Waals surface area (Å²) in [7, 11) is 0. The second-order valence-corrected chi connectivity index (χ2v) is 9.44. The van der Waals surface area contributed by atoms with Gasteiger partial charge < -0.3 is 26.5 Å². The molecule has 9 heteroatoms. The zero-order valence-electron chi connectivity index (χ0n) is 17.3. The molecule has 4 aromatic rings. The Hall–Kier alpha value is -2.26. The van der Waals surface area contributed by atoms with E-state index in [1.807, 2.05) is 46.9 Å². The van der Waals surface area contributed by atoms with Crippen LogP contribution in [0.2, 0.25) is 5.02 Å². The average Bonchev–Trinajstić information content (AvgIpc) is 3.25. The lowest BCUT2D eigenvalue weighted by Crippen LogP contribution is -3.00. The molecule has 5 nitrogen and oxygen atoms in total. The smallest absolute Gasteiger partial charge is 0.402 e. The fraction of sp³-hybridized carbons (Fsp3) is 0.174. The molecule has 0 bridgehead atoms. The summed E-state index contributed by atoms with van der Waals surface area (Å²) in [6.07, 6.45) is 0.130. The number of ether oxygens (including phenoxy) is 2. The maximum absolute atomic E-state index is 12.3. The second kappa shape index (κ2) is 10.6. The van der Waals surface area contributed by atoms with Crippen LogP contribution in [0, 0.1) is 0 Å². The van der Waals surface area contributed by atoms with Gasteiger partial charge in [0.2, 0.25) is 5.69 Å². The summed E-state index contributed by atoms with van der Waals surface area (Å²) in [6.45, 7) is 3.48. The van der Waals surface area contributed by atoms with Gasteiger partial charge >= 0.3 is 22.0 Å². The number of rotatable bonds is 6. The quantitative estimate of drug-likeness (QED) is 0.273. The number of nitrogens with zero attached hydrogens (tertiary/aromatic N) is 1. The minimum atomic E-state index is -0.412. The predicted octanol–water partition coefficient (Wildman–Crippen LogP) is 2.57. The topological polar surface area (TPSA) is 56.7 Å². The van der Waals surface area contributed by atoms with Crippen LogP contribution in [0.25, 0.3) is 25.8 Å². The van der Waals surface area contributed by atoms with Gasteiger partial charge in [-0.15, -0.1) is 0 Å². The molecule has 0 atom stereocenters. The average molecular weight is 553 g/mol. The van der Waals surface area contributed by atoms with E-state index < -0.39 is 5.97 Å². The van der Waals surface area contributed by atoms with Gasteiger partial charge in [-0.3, -0.25) is 9.59 Å². The van der Waals surface area contributed by atoms with Crippen molar-refractivity contribution < 1.29 is 40.4 Å². The van der Waals surface area contributed by atoms with Gasteiger partial charge in [0.1, 0.15) is 0 Å². The summed E-state index contributed by atoms with van der Waals surface area (Å²) < 4.78 is 13.7. The van der Waals surface area contributed by atoms with Crippen LogP contribution in [0.5, 0.6) is 5.88 Å². The van der Waals surface area contributed by atoms with Crippen LogP contribution in [-0.2, 0) is 20.7 Å². The lowest BCUT2D eigenvalue weighted by molar-refractivity contribution is -0.498. The van der Waals surface area contributed by atoms with E-state index in [2.05, 4.69) is 0 Å².